The van der Waals surface area contributed by atoms with E-state index in [9.17, 15) is 0 Å². The van der Waals surface area contributed by atoms with Crippen LogP contribution in [0.5, 0.6) is 5.75 Å². The van der Waals surface area contributed by atoms with Gasteiger partial charge in [0.25, 0.3) is 0 Å². The highest BCUT2D eigenvalue weighted by Gasteiger charge is 2.41. The third-order valence-electron chi connectivity index (χ3n) is 5.73. The van der Waals surface area contributed by atoms with Gasteiger partial charge in [-0.05, 0) is 53.6 Å². The van der Waals surface area contributed by atoms with Crippen LogP contribution in [0.25, 0.3) is 5.70 Å². The number of hydrogen-bond donors (Lipinski definition) is 1. The van der Waals surface area contributed by atoms with Gasteiger partial charge in [-0.2, -0.15) is 10.1 Å². The summed E-state index contributed by atoms with van der Waals surface area (Å²) in [6, 6.07) is 21.4. The molecule has 2 atom stereocenters. The molecule has 4 aromatic rings. The number of rotatable bonds is 2. The van der Waals surface area contributed by atoms with E-state index in [1.54, 1.807) is 6.33 Å². The lowest BCUT2D eigenvalue weighted by molar-refractivity contribution is 0.223. The van der Waals surface area contributed by atoms with Gasteiger partial charge < -0.3 is 10.1 Å². The van der Waals surface area contributed by atoms with E-state index >= 15 is 0 Å². The maximum absolute atomic E-state index is 6.58. The molecule has 0 aliphatic carbocycles. The zero-order valence-electron chi connectivity index (χ0n) is 16.5. The smallest absolute Gasteiger partial charge is 0.226 e. The van der Waals surface area contributed by atoms with Gasteiger partial charge in [-0.25, -0.2) is 4.68 Å². The van der Waals surface area contributed by atoms with Crippen LogP contribution in [0.1, 0.15) is 28.8 Å². The molecule has 1 N–H and O–H groups in total. The fourth-order valence-electron chi connectivity index (χ4n) is 4.32. The number of halogens is 3. The molecule has 1 aromatic heterocycles. The number of aromatic nitrogens is 3. The van der Waals surface area contributed by atoms with Gasteiger partial charge in [-0.3, -0.25) is 0 Å². The van der Waals surface area contributed by atoms with Gasteiger partial charge in [-0.15, -0.1) is 0 Å². The van der Waals surface area contributed by atoms with E-state index in [1.165, 1.54) is 0 Å². The molecular formula is C24H15BrCl2N4O. The average Bonchev–Trinajstić information content (AvgIpc) is 3.27. The molecule has 0 spiro atoms. The van der Waals surface area contributed by atoms with Crippen LogP contribution in [-0.4, -0.2) is 14.8 Å². The Balaban J connectivity index is 1.63. The Morgan fingerprint density at radius 2 is 1.62 bits per heavy atom. The Morgan fingerprint density at radius 1 is 0.906 bits per heavy atom. The summed E-state index contributed by atoms with van der Waals surface area (Å²) in [4.78, 5) is 4.45. The molecule has 6 rings (SSSR count). The highest BCUT2D eigenvalue weighted by atomic mass is 79.9. The van der Waals surface area contributed by atoms with Gasteiger partial charge in [-0.1, -0.05) is 63.4 Å². The predicted octanol–water partition coefficient (Wildman–Crippen LogP) is 6.91. The first-order valence-electron chi connectivity index (χ1n) is 9.96. The lowest BCUT2D eigenvalue weighted by atomic mass is 9.84. The van der Waals surface area contributed by atoms with Gasteiger partial charge in [0.05, 0.1) is 5.70 Å². The minimum Gasteiger partial charge on any atom is -0.480 e. The molecule has 0 amide bonds. The van der Waals surface area contributed by atoms with E-state index in [0.717, 1.165) is 38.2 Å². The van der Waals surface area contributed by atoms with Crippen molar-refractivity contribution in [2.24, 2.45) is 0 Å². The van der Waals surface area contributed by atoms with Gasteiger partial charge in [0.2, 0.25) is 5.95 Å². The fraction of sp³-hybridized carbons (Fsp3) is 0.0833. The highest BCUT2D eigenvalue weighted by Crippen LogP contribution is 2.51. The molecule has 158 valence electrons. The number of fused-ring (bicyclic) bond motifs is 3. The Morgan fingerprint density at radius 3 is 2.41 bits per heavy atom. The van der Waals surface area contributed by atoms with Crippen LogP contribution < -0.4 is 10.1 Å². The zero-order valence-corrected chi connectivity index (χ0v) is 19.6. The molecule has 0 saturated heterocycles. The van der Waals surface area contributed by atoms with Crippen LogP contribution in [0.15, 0.2) is 83.1 Å². The molecule has 2 aliphatic rings. The van der Waals surface area contributed by atoms with Crippen LogP contribution in [0.2, 0.25) is 10.0 Å². The molecule has 0 fully saturated rings. The van der Waals surface area contributed by atoms with Crippen LogP contribution >= 0.6 is 39.1 Å². The summed E-state index contributed by atoms with van der Waals surface area (Å²) in [6.07, 6.45) is 1.21. The van der Waals surface area contributed by atoms with E-state index in [0.29, 0.717) is 16.0 Å². The van der Waals surface area contributed by atoms with Gasteiger partial charge >= 0.3 is 0 Å². The minimum absolute atomic E-state index is 0.218. The van der Waals surface area contributed by atoms with E-state index in [2.05, 4.69) is 43.5 Å². The van der Waals surface area contributed by atoms with E-state index in [1.807, 2.05) is 59.3 Å². The SMILES string of the molecule is Clc1ccc([C@@H]2Oc3ccc(Cl)cc3C3=C2[C@@H](c2ccc(Br)cc2)n2ncnc2N3)cc1. The molecule has 3 heterocycles. The van der Waals surface area contributed by atoms with Crippen molar-refractivity contribution < 1.29 is 4.74 Å². The Kier molecular flexibility index (Phi) is 4.75. The monoisotopic (exact) mass is 524 g/mol. The lowest BCUT2D eigenvalue weighted by Gasteiger charge is -2.39. The van der Waals surface area contributed by atoms with Crippen molar-refractivity contribution in [1.29, 1.82) is 0 Å². The summed E-state index contributed by atoms with van der Waals surface area (Å²) in [7, 11) is 0. The quantitative estimate of drug-likeness (QED) is 0.309. The number of anilines is 1. The molecule has 5 nitrogen and oxygen atoms in total. The Bertz CT molecular complexity index is 1370. The first-order chi connectivity index (χ1) is 15.6. The second-order valence-electron chi connectivity index (χ2n) is 7.63. The Labute approximate surface area is 202 Å². The first-order valence-corrected chi connectivity index (χ1v) is 11.5. The Hall–Kier alpha value is -2.80. The molecular weight excluding hydrogens is 511 g/mol. The standard InChI is InChI=1S/C24H15BrCl2N4O/c25-15-5-1-13(2-6-15)22-20-21(30-24-28-12-29-31(22)24)18-11-17(27)9-10-19(18)32-23(20)14-3-7-16(26)8-4-14/h1-12,22-23H,(H,28,29,30)/t22-,23+/m1/s1. The number of ether oxygens (including phenoxy) is 1. The zero-order chi connectivity index (χ0) is 21.8. The first kappa shape index (κ1) is 19.9. The summed E-state index contributed by atoms with van der Waals surface area (Å²) in [5.74, 6) is 1.42. The summed E-state index contributed by atoms with van der Waals surface area (Å²) in [5.41, 5.74) is 4.93. The largest absolute Gasteiger partial charge is 0.480 e. The summed E-state index contributed by atoms with van der Waals surface area (Å²) in [6.45, 7) is 0. The summed E-state index contributed by atoms with van der Waals surface area (Å²) < 4.78 is 9.48. The predicted molar refractivity (Wildman–Crippen MR) is 129 cm³/mol. The van der Waals surface area contributed by atoms with Crippen LogP contribution in [0, 0.1) is 0 Å². The fourth-order valence-corrected chi connectivity index (χ4v) is 4.88. The van der Waals surface area contributed by atoms with Crippen LogP contribution in [-0.2, 0) is 0 Å². The van der Waals surface area contributed by atoms with Crippen molar-refractivity contribution in [2.45, 2.75) is 12.1 Å². The maximum atomic E-state index is 6.58. The van der Waals surface area contributed by atoms with E-state index < -0.39 is 0 Å². The average molecular weight is 526 g/mol. The van der Waals surface area contributed by atoms with Crippen molar-refractivity contribution in [3.8, 4) is 5.75 Å². The topological polar surface area (TPSA) is 52.0 Å². The molecule has 0 unspecified atom stereocenters. The molecule has 8 heteroatoms. The molecule has 3 aromatic carbocycles. The molecule has 0 radical (unpaired) electrons. The number of hydrogen-bond acceptors (Lipinski definition) is 4. The molecule has 0 saturated carbocycles. The van der Waals surface area contributed by atoms with Gasteiger partial charge in [0.15, 0.2) is 0 Å². The summed E-state index contributed by atoms with van der Waals surface area (Å²) in [5, 5.41) is 9.33. The third-order valence-corrected chi connectivity index (χ3v) is 6.75. The molecule has 2 aliphatic heterocycles. The number of nitrogens with one attached hydrogen (secondary N) is 1. The molecule has 32 heavy (non-hydrogen) atoms. The molecule has 0 bridgehead atoms. The number of nitrogens with zero attached hydrogens (tertiary/aromatic N) is 3. The second kappa shape index (κ2) is 7.66. The van der Waals surface area contributed by atoms with Crippen LogP contribution in [0.4, 0.5) is 5.95 Å². The van der Waals surface area contributed by atoms with Crippen molar-refractivity contribution in [2.75, 3.05) is 5.32 Å². The summed E-state index contributed by atoms with van der Waals surface area (Å²) >= 11 is 16.1. The van der Waals surface area contributed by atoms with E-state index in [4.69, 9.17) is 27.9 Å². The van der Waals surface area contributed by atoms with Crippen molar-refractivity contribution >= 4 is 50.8 Å². The third kappa shape index (κ3) is 3.22. The number of benzene rings is 3. The minimum atomic E-state index is -0.352. The van der Waals surface area contributed by atoms with E-state index in [-0.39, 0.29) is 12.1 Å². The van der Waals surface area contributed by atoms with Crippen molar-refractivity contribution in [3.63, 3.8) is 0 Å². The van der Waals surface area contributed by atoms with Gasteiger partial charge in [0.1, 0.15) is 24.2 Å². The maximum Gasteiger partial charge on any atom is 0.226 e. The normalized spacial score (nSPS) is 18.8. The van der Waals surface area contributed by atoms with Gasteiger partial charge in [0, 0.05) is 25.7 Å². The second-order valence-corrected chi connectivity index (χ2v) is 9.42. The lowest BCUT2D eigenvalue weighted by Crippen LogP contribution is -2.32. The van der Waals surface area contributed by atoms with Crippen molar-refractivity contribution in [1.82, 2.24) is 14.8 Å². The van der Waals surface area contributed by atoms with Crippen molar-refractivity contribution in [3.05, 3.63) is 110 Å². The highest BCUT2D eigenvalue weighted by molar-refractivity contribution is 9.10. The van der Waals surface area contributed by atoms with Crippen LogP contribution in [0.3, 0.4) is 0 Å².